The van der Waals surface area contributed by atoms with Gasteiger partial charge in [-0.3, -0.25) is 0 Å². The minimum absolute atomic E-state index is 1.33. The predicted octanol–water partition coefficient (Wildman–Crippen LogP) is 6.35. The summed E-state index contributed by atoms with van der Waals surface area (Å²) in [6.45, 7) is 4.42. The largest absolute Gasteiger partial charge is 0.0610 e. The van der Waals surface area contributed by atoms with Gasteiger partial charge >= 0.3 is 0 Å². The van der Waals surface area contributed by atoms with Gasteiger partial charge in [-0.15, -0.1) is 0 Å². The summed E-state index contributed by atoms with van der Waals surface area (Å²) in [4.78, 5) is 0. The first-order valence-corrected chi connectivity index (χ1v) is 7.80. The number of aryl methyl sites for hydroxylation is 2. The fraction of sp³-hybridized carbons (Fsp3) is 0.0909. The van der Waals surface area contributed by atoms with Crippen LogP contribution in [0.2, 0.25) is 0 Å². The molecule has 0 amide bonds. The molecule has 104 valence electrons. The second-order valence-electron chi connectivity index (χ2n) is 6.38. The number of rotatable bonds is 0. The Balaban J connectivity index is 2.31. The first kappa shape index (κ1) is 12.0. The zero-order valence-corrected chi connectivity index (χ0v) is 12.8. The summed E-state index contributed by atoms with van der Waals surface area (Å²) in [5.41, 5.74) is 2.69. The van der Waals surface area contributed by atoms with E-state index in [0.717, 1.165) is 0 Å². The molecule has 0 atom stereocenters. The lowest BCUT2D eigenvalue weighted by molar-refractivity contribution is 1.51. The van der Waals surface area contributed by atoms with Gasteiger partial charge in [0.2, 0.25) is 0 Å². The third kappa shape index (κ3) is 1.37. The Bertz CT molecular complexity index is 1170. The Morgan fingerprint density at radius 2 is 1.32 bits per heavy atom. The monoisotopic (exact) mass is 280 g/mol. The van der Waals surface area contributed by atoms with Crippen molar-refractivity contribution in [1.29, 1.82) is 0 Å². The summed E-state index contributed by atoms with van der Waals surface area (Å²) in [7, 11) is 0. The molecule has 5 rings (SSSR count). The highest BCUT2D eigenvalue weighted by molar-refractivity contribution is 6.33. The topological polar surface area (TPSA) is 0 Å². The molecule has 0 N–H and O–H groups in total. The molecule has 0 aromatic heterocycles. The summed E-state index contributed by atoms with van der Waals surface area (Å²) in [6, 6.07) is 22.5. The smallest absolute Gasteiger partial charge is 0.00235 e. The van der Waals surface area contributed by atoms with Crippen molar-refractivity contribution >= 4 is 43.1 Å². The minimum atomic E-state index is 1.33. The Hall–Kier alpha value is -2.60. The molecule has 0 bridgehead atoms. The fourth-order valence-corrected chi connectivity index (χ4v) is 4.05. The van der Waals surface area contributed by atoms with E-state index in [0.29, 0.717) is 0 Å². The normalized spacial score (nSPS) is 12.1. The zero-order chi connectivity index (χ0) is 14.8. The lowest BCUT2D eigenvalue weighted by Gasteiger charge is -2.16. The maximum Gasteiger partial charge on any atom is -0.00235 e. The Labute approximate surface area is 129 Å². The van der Waals surface area contributed by atoms with Crippen LogP contribution in [0.25, 0.3) is 43.1 Å². The molecular weight excluding hydrogens is 264 g/mol. The molecule has 5 aromatic carbocycles. The molecule has 0 heteroatoms. The van der Waals surface area contributed by atoms with Crippen molar-refractivity contribution in [3.05, 3.63) is 71.8 Å². The zero-order valence-electron chi connectivity index (χ0n) is 12.8. The van der Waals surface area contributed by atoms with Crippen molar-refractivity contribution in [2.24, 2.45) is 0 Å². The van der Waals surface area contributed by atoms with Gasteiger partial charge in [0.25, 0.3) is 0 Å². The van der Waals surface area contributed by atoms with Gasteiger partial charge in [0.05, 0.1) is 0 Å². The van der Waals surface area contributed by atoms with Gasteiger partial charge in [-0.2, -0.15) is 0 Å². The molecular formula is C22H16. The molecule has 0 saturated carbocycles. The second-order valence-corrected chi connectivity index (χ2v) is 6.38. The number of hydrogen-bond acceptors (Lipinski definition) is 0. The van der Waals surface area contributed by atoms with E-state index in [-0.39, 0.29) is 0 Å². The van der Waals surface area contributed by atoms with E-state index in [9.17, 15) is 0 Å². The predicted molar refractivity (Wildman–Crippen MR) is 97.1 cm³/mol. The lowest BCUT2D eigenvalue weighted by Crippen LogP contribution is -1.89. The number of fused-ring (bicyclic) bond motifs is 2. The fourth-order valence-electron chi connectivity index (χ4n) is 4.05. The van der Waals surface area contributed by atoms with Crippen molar-refractivity contribution in [3.63, 3.8) is 0 Å². The SMILES string of the molecule is Cc1cc2ccc(C)c3c4cccc5cccc(c(c1)c23)c54. The Morgan fingerprint density at radius 1 is 0.545 bits per heavy atom. The maximum absolute atomic E-state index is 2.34. The van der Waals surface area contributed by atoms with Crippen LogP contribution >= 0.6 is 0 Å². The first-order valence-electron chi connectivity index (χ1n) is 7.80. The molecule has 0 nitrogen and oxygen atoms in total. The van der Waals surface area contributed by atoms with Crippen LogP contribution < -0.4 is 0 Å². The van der Waals surface area contributed by atoms with E-state index in [1.54, 1.807) is 0 Å². The van der Waals surface area contributed by atoms with Crippen molar-refractivity contribution in [1.82, 2.24) is 0 Å². The number of hydrogen-bond donors (Lipinski definition) is 0. The molecule has 0 unspecified atom stereocenters. The van der Waals surface area contributed by atoms with Crippen LogP contribution in [-0.2, 0) is 0 Å². The first-order chi connectivity index (χ1) is 10.7. The molecule has 22 heavy (non-hydrogen) atoms. The number of benzene rings is 5. The van der Waals surface area contributed by atoms with E-state index < -0.39 is 0 Å². The van der Waals surface area contributed by atoms with Crippen LogP contribution in [-0.4, -0.2) is 0 Å². The van der Waals surface area contributed by atoms with E-state index in [2.05, 4.69) is 74.5 Å². The standard InChI is InChI=1S/C22H16/c1-13-11-16-10-9-14(2)20-18-8-4-6-15-5-3-7-17(21(15)18)19(12-13)22(16)20/h3-12H,1-2H3. The van der Waals surface area contributed by atoms with Crippen molar-refractivity contribution < 1.29 is 0 Å². The van der Waals surface area contributed by atoms with E-state index in [4.69, 9.17) is 0 Å². The van der Waals surface area contributed by atoms with Gasteiger partial charge in [0.15, 0.2) is 0 Å². The van der Waals surface area contributed by atoms with Crippen LogP contribution in [0, 0.1) is 13.8 Å². The van der Waals surface area contributed by atoms with Crippen molar-refractivity contribution in [2.45, 2.75) is 13.8 Å². The summed E-state index contributed by atoms with van der Waals surface area (Å²) in [5.74, 6) is 0. The second kappa shape index (κ2) is 3.98. The average Bonchev–Trinajstić information content (AvgIpc) is 2.53. The van der Waals surface area contributed by atoms with Gasteiger partial charge in [-0.1, -0.05) is 60.7 Å². The van der Waals surface area contributed by atoms with E-state index in [1.165, 1.54) is 54.2 Å². The van der Waals surface area contributed by atoms with Gasteiger partial charge < -0.3 is 0 Å². The highest BCUT2D eigenvalue weighted by atomic mass is 14.2. The maximum atomic E-state index is 2.34. The third-order valence-electron chi connectivity index (χ3n) is 4.93. The summed E-state index contributed by atoms with van der Waals surface area (Å²) in [5, 5.41) is 11.1. The highest BCUT2D eigenvalue weighted by Crippen LogP contribution is 2.41. The van der Waals surface area contributed by atoms with Gasteiger partial charge in [-0.25, -0.2) is 0 Å². The summed E-state index contributed by atoms with van der Waals surface area (Å²) in [6.07, 6.45) is 0. The average molecular weight is 280 g/mol. The molecule has 0 saturated heterocycles. The van der Waals surface area contributed by atoms with Crippen LogP contribution in [0.4, 0.5) is 0 Å². The lowest BCUT2D eigenvalue weighted by atomic mass is 9.87. The van der Waals surface area contributed by atoms with E-state index >= 15 is 0 Å². The third-order valence-corrected chi connectivity index (χ3v) is 4.93. The summed E-state index contributed by atoms with van der Waals surface area (Å²) < 4.78 is 0. The van der Waals surface area contributed by atoms with Crippen molar-refractivity contribution in [2.75, 3.05) is 0 Å². The van der Waals surface area contributed by atoms with Crippen LogP contribution in [0.5, 0.6) is 0 Å². The molecule has 0 aliphatic heterocycles. The van der Waals surface area contributed by atoms with Gasteiger partial charge in [-0.05, 0) is 68.1 Å². The van der Waals surface area contributed by atoms with Crippen molar-refractivity contribution in [3.8, 4) is 0 Å². The van der Waals surface area contributed by atoms with Gasteiger partial charge in [0.1, 0.15) is 0 Å². The van der Waals surface area contributed by atoms with Crippen LogP contribution in [0.15, 0.2) is 60.7 Å². The Kier molecular flexibility index (Phi) is 2.17. The summed E-state index contributed by atoms with van der Waals surface area (Å²) >= 11 is 0. The molecule has 0 heterocycles. The van der Waals surface area contributed by atoms with Gasteiger partial charge in [0, 0.05) is 0 Å². The Morgan fingerprint density at radius 3 is 2.14 bits per heavy atom. The van der Waals surface area contributed by atoms with Crippen LogP contribution in [0.3, 0.4) is 0 Å². The van der Waals surface area contributed by atoms with Crippen LogP contribution in [0.1, 0.15) is 11.1 Å². The minimum Gasteiger partial charge on any atom is -0.0610 e. The quantitative estimate of drug-likeness (QED) is 0.229. The molecule has 0 radical (unpaired) electrons. The molecule has 0 fully saturated rings. The van der Waals surface area contributed by atoms with E-state index in [1.807, 2.05) is 0 Å². The molecule has 0 aliphatic rings. The molecule has 5 aromatic rings. The molecule has 0 spiro atoms. The molecule has 0 aliphatic carbocycles. The highest BCUT2D eigenvalue weighted by Gasteiger charge is 2.14.